The number of nitrogens with one attached hydrogen (secondary N) is 1. The Bertz CT molecular complexity index is 1140. The van der Waals surface area contributed by atoms with Gasteiger partial charge in [0, 0.05) is 11.8 Å². The lowest BCUT2D eigenvalue weighted by atomic mass is 10.0. The van der Waals surface area contributed by atoms with Crippen LogP contribution in [0, 0.1) is 0 Å². The van der Waals surface area contributed by atoms with E-state index in [2.05, 4.69) is 5.32 Å². The highest BCUT2D eigenvalue weighted by Crippen LogP contribution is 2.40. The van der Waals surface area contributed by atoms with Crippen molar-refractivity contribution in [3.05, 3.63) is 83.4 Å². The minimum atomic E-state index is -0.997. The van der Waals surface area contributed by atoms with Gasteiger partial charge >= 0.3 is 5.97 Å². The van der Waals surface area contributed by atoms with E-state index in [-0.39, 0.29) is 11.5 Å². The van der Waals surface area contributed by atoms with Crippen LogP contribution < -0.4 is 19.7 Å². The van der Waals surface area contributed by atoms with Gasteiger partial charge in [0.1, 0.15) is 19.4 Å². The lowest BCUT2D eigenvalue weighted by Crippen LogP contribution is -2.43. The van der Waals surface area contributed by atoms with Crippen molar-refractivity contribution in [2.75, 3.05) is 23.4 Å². The minimum absolute atomic E-state index is 0.159. The number of carbonyl (C=O) groups is 2. The SMILES string of the molecule is O=C(O)c1ccc([C@H]2Nc3ccccc3C(=O)N2c2ccc3c(c2)OCCO3)cc1. The van der Waals surface area contributed by atoms with Crippen LogP contribution >= 0.6 is 0 Å². The van der Waals surface area contributed by atoms with Crippen molar-refractivity contribution in [1.29, 1.82) is 0 Å². The van der Waals surface area contributed by atoms with Gasteiger partial charge in [-0.25, -0.2) is 4.79 Å². The first-order chi connectivity index (χ1) is 14.6. The largest absolute Gasteiger partial charge is 0.486 e. The number of aromatic carboxylic acids is 1. The molecule has 0 saturated carbocycles. The van der Waals surface area contributed by atoms with E-state index in [0.717, 1.165) is 11.3 Å². The maximum absolute atomic E-state index is 13.5. The number of carbonyl (C=O) groups excluding carboxylic acids is 1. The van der Waals surface area contributed by atoms with E-state index in [1.807, 2.05) is 24.3 Å². The first kappa shape index (κ1) is 18.1. The maximum atomic E-state index is 13.5. The average molecular weight is 402 g/mol. The number of nitrogens with zero attached hydrogens (tertiary/aromatic N) is 1. The number of carboxylic acids is 1. The van der Waals surface area contributed by atoms with E-state index in [1.165, 1.54) is 12.1 Å². The third kappa shape index (κ3) is 3.00. The molecule has 1 atom stereocenters. The van der Waals surface area contributed by atoms with E-state index in [4.69, 9.17) is 9.47 Å². The van der Waals surface area contributed by atoms with E-state index < -0.39 is 12.1 Å². The second kappa shape index (κ2) is 7.11. The molecule has 30 heavy (non-hydrogen) atoms. The molecule has 1 amide bonds. The Morgan fingerprint density at radius 1 is 0.967 bits per heavy atom. The Labute approximate surface area is 172 Å². The lowest BCUT2D eigenvalue weighted by Gasteiger charge is -2.38. The molecule has 0 aliphatic carbocycles. The number of rotatable bonds is 3. The Kier molecular flexibility index (Phi) is 4.28. The Balaban J connectivity index is 1.61. The summed E-state index contributed by atoms with van der Waals surface area (Å²) in [5.74, 6) is 0.0761. The Morgan fingerprint density at radius 2 is 1.70 bits per heavy atom. The maximum Gasteiger partial charge on any atom is 0.335 e. The molecule has 2 N–H and O–H groups in total. The molecule has 0 spiro atoms. The molecule has 0 radical (unpaired) electrons. The highest BCUT2D eigenvalue weighted by molar-refractivity contribution is 6.12. The first-order valence-corrected chi connectivity index (χ1v) is 9.54. The van der Waals surface area contributed by atoms with Gasteiger partial charge in [-0.05, 0) is 42.0 Å². The quantitative estimate of drug-likeness (QED) is 0.690. The number of amides is 1. The molecule has 0 unspecified atom stereocenters. The van der Waals surface area contributed by atoms with Gasteiger partial charge in [-0.1, -0.05) is 24.3 Å². The summed E-state index contributed by atoms with van der Waals surface area (Å²) in [5, 5.41) is 12.6. The zero-order valence-corrected chi connectivity index (χ0v) is 15.9. The molecule has 0 saturated heterocycles. The summed E-state index contributed by atoms with van der Waals surface area (Å²) in [6.45, 7) is 0.939. The van der Waals surface area contributed by atoms with Gasteiger partial charge < -0.3 is 19.9 Å². The fraction of sp³-hybridized carbons (Fsp3) is 0.130. The fourth-order valence-corrected chi connectivity index (χ4v) is 3.74. The van der Waals surface area contributed by atoms with Crippen molar-refractivity contribution in [2.24, 2.45) is 0 Å². The zero-order chi connectivity index (χ0) is 20.7. The molecule has 150 valence electrons. The predicted molar refractivity (Wildman–Crippen MR) is 110 cm³/mol. The van der Waals surface area contributed by atoms with Crippen molar-refractivity contribution in [2.45, 2.75) is 6.17 Å². The molecular formula is C23H18N2O5. The molecule has 0 bridgehead atoms. The van der Waals surface area contributed by atoms with Crippen LogP contribution in [0.5, 0.6) is 11.5 Å². The third-order valence-corrected chi connectivity index (χ3v) is 5.20. The van der Waals surface area contributed by atoms with Crippen molar-refractivity contribution in [3.63, 3.8) is 0 Å². The second-order valence-electron chi connectivity index (χ2n) is 7.02. The molecule has 7 heteroatoms. The van der Waals surface area contributed by atoms with Crippen molar-refractivity contribution in [3.8, 4) is 11.5 Å². The van der Waals surface area contributed by atoms with Crippen molar-refractivity contribution < 1.29 is 24.2 Å². The van der Waals surface area contributed by atoms with Crippen LogP contribution in [0.15, 0.2) is 66.7 Å². The van der Waals surface area contributed by atoms with E-state index >= 15 is 0 Å². The molecule has 2 heterocycles. The molecule has 3 aromatic carbocycles. The van der Waals surface area contributed by atoms with Crippen LogP contribution in [0.3, 0.4) is 0 Å². The van der Waals surface area contributed by atoms with Gasteiger partial charge in [0.15, 0.2) is 11.5 Å². The number of carboxylic acid groups (broad SMARTS) is 1. The first-order valence-electron chi connectivity index (χ1n) is 9.54. The summed E-state index contributed by atoms with van der Waals surface area (Å²) < 4.78 is 11.3. The number of hydrogen-bond acceptors (Lipinski definition) is 5. The summed E-state index contributed by atoms with van der Waals surface area (Å²) in [6, 6.07) is 19.2. The molecule has 0 aromatic heterocycles. The number of fused-ring (bicyclic) bond motifs is 2. The monoisotopic (exact) mass is 402 g/mol. The molecule has 2 aliphatic heterocycles. The number of para-hydroxylation sites is 1. The summed E-state index contributed by atoms with van der Waals surface area (Å²) >= 11 is 0. The van der Waals surface area contributed by atoms with E-state index in [0.29, 0.717) is 36.0 Å². The average Bonchev–Trinajstić information content (AvgIpc) is 2.79. The Morgan fingerprint density at radius 3 is 2.47 bits per heavy atom. The van der Waals surface area contributed by atoms with Crippen LogP contribution in [0.1, 0.15) is 32.4 Å². The zero-order valence-electron chi connectivity index (χ0n) is 15.9. The van der Waals surface area contributed by atoms with Crippen molar-refractivity contribution in [1.82, 2.24) is 0 Å². The van der Waals surface area contributed by atoms with Crippen molar-refractivity contribution >= 4 is 23.3 Å². The topological polar surface area (TPSA) is 88.1 Å². The second-order valence-corrected chi connectivity index (χ2v) is 7.02. The van der Waals surface area contributed by atoms with Crippen LogP contribution in [-0.4, -0.2) is 30.2 Å². The molecule has 2 aliphatic rings. The van der Waals surface area contributed by atoms with Gasteiger partial charge in [0.2, 0.25) is 0 Å². The lowest BCUT2D eigenvalue weighted by molar-refractivity contribution is 0.0696. The Hall–Kier alpha value is -4.00. The summed E-state index contributed by atoms with van der Waals surface area (Å²) in [4.78, 5) is 26.3. The van der Waals surface area contributed by atoms with Gasteiger partial charge in [-0.15, -0.1) is 0 Å². The van der Waals surface area contributed by atoms with Crippen LogP contribution in [0.25, 0.3) is 0 Å². The van der Waals surface area contributed by atoms with Crippen LogP contribution in [0.4, 0.5) is 11.4 Å². The smallest absolute Gasteiger partial charge is 0.335 e. The molecule has 5 rings (SSSR count). The normalized spacial score (nSPS) is 17.1. The summed E-state index contributed by atoms with van der Waals surface area (Å²) in [7, 11) is 0. The minimum Gasteiger partial charge on any atom is -0.486 e. The van der Waals surface area contributed by atoms with Gasteiger partial charge in [0.25, 0.3) is 5.91 Å². The number of anilines is 2. The van der Waals surface area contributed by atoms with Gasteiger partial charge in [-0.2, -0.15) is 0 Å². The predicted octanol–water partition coefficient (Wildman–Crippen LogP) is 3.93. The molecule has 7 nitrogen and oxygen atoms in total. The highest BCUT2D eigenvalue weighted by atomic mass is 16.6. The van der Waals surface area contributed by atoms with Crippen LogP contribution in [0.2, 0.25) is 0 Å². The fourth-order valence-electron chi connectivity index (χ4n) is 3.74. The molecule has 0 fully saturated rings. The molecular weight excluding hydrogens is 384 g/mol. The third-order valence-electron chi connectivity index (χ3n) is 5.20. The van der Waals surface area contributed by atoms with Crippen LogP contribution in [-0.2, 0) is 0 Å². The van der Waals surface area contributed by atoms with Gasteiger partial charge in [0.05, 0.1) is 16.8 Å². The number of benzene rings is 3. The number of ether oxygens (including phenoxy) is 2. The van der Waals surface area contributed by atoms with Gasteiger partial charge in [-0.3, -0.25) is 9.69 Å². The highest BCUT2D eigenvalue weighted by Gasteiger charge is 2.34. The number of hydrogen-bond donors (Lipinski definition) is 2. The molecule has 3 aromatic rings. The standard InChI is InChI=1S/C23H18N2O5/c26-22-17-3-1-2-4-18(17)24-21(14-5-7-15(8-6-14)23(27)28)25(22)16-9-10-19-20(13-16)30-12-11-29-19/h1-10,13,21,24H,11-12H2,(H,27,28)/t21-/m0/s1. The van der Waals surface area contributed by atoms with E-state index in [9.17, 15) is 14.7 Å². The van der Waals surface area contributed by atoms with E-state index in [1.54, 1.807) is 35.2 Å². The summed E-state index contributed by atoms with van der Waals surface area (Å²) in [5.41, 5.74) is 2.89. The summed E-state index contributed by atoms with van der Waals surface area (Å²) in [6.07, 6.45) is -0.516.